The number of carbonyl (C=O) groups excluding carboxylic acids is 5. The third-order valence-corrected chi connectivity index (χ3v) is 14.2. The third kappa shape index (κ3) is 10.5. The maximum Gasteiger partial charge on any atom is 0.374 e. The number of esters is 2. The van der Waals surface area contributed by atoms with Gasteiger partial charge in [0.05, 0.1) is 27.7 Å². The minimum Gasteiger partial charge on any atom is -0.438 e. The normalized spacial score (nSPS) is 22.8. The maximum atomic E-state index is 16.3. The van der Waals surface area contributed by atoms with Gasteiger partial charge in [0.25, 0.3) is 5.91 Å². The molecule has 61 heavy (non-hydrogen) atoms. The molecule has 0 saturated carbocycles. The Kier molecular flexibility index (Phi) is 14.1. The van der Waals surface area contributed by atoms with Gasteiger partial charge in [-0.2, -0.15) is 5.26 Å². The van der Waals surface area contributed by atoms with Crippen LogP contribution in [0.1, 0.15) is 113 Å². The van der Waals surface area contributed by atoms with Gasteiger partial charge in [-0.05, 0) is 102 Å². The number of nitrogens with zero attached hydrogens (tertiary/aromatic N) is 3. The first kappa shape index (κ1) is 45.8. The second kappa shape index (κ2) is 18.7. The number of benzene rings is 2. The molecular weight excluding hydrogens is 827 g/mol. The SMILES string of the molecule is CC(C)(C)C(=O)OCOP(=O)(OCOC(=O)C(C)(C)C)[C@@H](F)c1ccc2sc(C(=O)N[C@H]3CCCC[C@H]4CC[C@@H](C(=O)N5C[C@H](c6ccccc6)[C@@H](C#N)C5)N4C3=O)cc2c1. The minimum absolute atomic E-state index is 0.128. The summed E-state index contributed by atoms with van der Waals surface area (Å²) in [5.74, 6) is -5.30. The van der Waals surface area contributed by atoms with Crippen LogP contribution in [0.4, 0.5) is 4.39 Å². The van der Waals surface area contributed by atoms with E-state index in [0.717, 1.165) is 29.7 Å². The molecule has 14 nitrogen and oxygen atoms in total. The van der Waals surface area contributed by atoms with Crippen molar-refractivity contribution in [2.45, 2.75) is 110 Å². The van der Waals surface area contributed by atoms with Crippen LogP contribution in [0.5, 0.6) is 0 Å². The van der Waals surface area contributed by atoms with Crippen LogP contribution < -0.4 is 5.32 Å². The average molecular weight is 881 g/mol. The Bertz CT molecular complexity index is 2180. The number of carbonyl (C=O) groups is 5. The molecule has 0 spiro atoms. The van der Waals surface area contributed by atoms with E-state index in [1.54, 1.807) is 57.4 Å². The van der Waals surface area contributed by atoms with E-state index in [1.165, 1.54) is 18.2 Å². The number of amides is 3. The summed E-state index contributed by atoms with van der Waals surface area (Å²) in [6.07, 6.45) is 3.84. The van der Waals surface area contributed by atoms with Crippen molar-refractivity contribution in [2.75, 3.05) is 26.7 Å². The number of ether oxygens (including phenoxy) is 2. The van der Waals surface area contributed by atoms with Gasteiger partial charge in [-0.1, -0.05) is 49.2 Å². The lowest BCUT2D eigenvalue weighted by atomic mass is 9.90. The average Bonchev–Trinajstić information content (AvgIpc) is 3.97. The lowest BCUT2D eigenvalue weighted by Crippen LogP contribution is -2.56. The Morgan fingerprint density at radius 1 is 0.902 bits per heavy atom. The molecule has 0 unspecified atom stereocenters. The molecule has 3 aromatic rings. The van der Waals surface area contributed by atoms with Gasteiger partial charge >= 0.3 is 19.5 Å². The molecule has 3 amide bonds. The quantitative estimate of drug-likeness (QED) is 0.106. The maximum absolute atomic E-state index is 16.3. The first-order chi connectivity index (χ1) is 28.8. The number of fused-ring (bicyclic) bond motifs is 2. The lowest BCUT2D eigenvalue weighted by molar-refractivity contribution is -0.162. The van der Waals surface area contributed by atoms with Crippen molar-refractivity contribution in [1.29, 1.82) is 5.26 Å². The highest BCUT2D eigenvalue weighted by Gasteiger charge is 2.47. The van der Waals surface area contributed by atoms with Gasteiger partial charge in [0.1, 0.15) is 12.1 Å². The molecule has 6 atom stereocenters. The molecule has 3 aliphatic rings. The van der Waals surface area contributed by atoms with Crippen molar-refractivity contribution >= 4 is 58.7 Å². The Labute approximate surface area is 359 Å². The Hall–Kier alpha value is -4.68. The van der Waals surface area contributed by atoms with E-state index in [-0.39, 0.29) is 46.7 Å². The number of rotatable bonds is 12. The number of hydrogen-bond donors (Lipinski definition) is 1. The summed E-state index contributed by atoms with van der Waals surface area (Å²) in [4.78, 5) is 70.6. The highest BCUT2D eigenvalue weighted by atomic mass is 32.1. The van der Waals surface area contributed by atoms with Gasteiger partial charge in [-0.3, -0.25) is 37.6 Å². The first-order valence-electron chi connectivity index (χ1n) is 20.6. The van der Waals surface area contributed by atoms with Crippen molar-refractivity contribution < 1.29 is 51.4 Å². The smallest absolute Gasteiger partial charge is 0.374 e. The van der Waals surface area contributed by atoms with E-state index < -0.39 is 67.9 Å². The fourth-order valence-electron chi connectivity index (χ4n) is 7.91. The molecule has 3 saturated heterocycles. The van der Waals surface area contributed by atoms with Crippen LogP contribution in [0.3, 0.4) is 0 Å². The van der Waals surface area contributed by atoms with Crippen LogP contribution >= 0.6 is 18.9 Å². The molecule has 6 rings (SSSR count). The van der Waals surface area contributed by atoms with E-state index >= 15 is 4.39 Å². The zero-order valence-electron chi connectivity index (χ0n) is 35.4. The standard InChI is InChI=1S/C44H54FN4O10PS/c1-43(2,3)41(53)56-25-58-60(55,59-26-57-42(54)44(4,5)6)37(45)28-16-19-35-29(20-28)21-36(61-35)38(50)47-33-15-11-10-14-31-17-18-34(49(31)39(33)51)40(52)48-23-30(22-46)32(24-48)27-12-8-7-9-13-27/h7-9,12-13,16,19-21,30-34,37H,10-11,14-15,17-18,23-26H2,1-6H3,(H,47,50)/t30-,31-,32+,33-,34-,37+/m0/s1. The van der Waals surface area contributed by atoms with Crippen LogP contribution in [-0.2, 0) is 42.3 Å². The molecule has 3 aliphatic heterocycles. The van der Waals surface area contributed by atoms with Crippen molar-refractivity contribution in [1.82, 2.24) is 15.1 Å². The second-order valence-corrected chi connectivity index (χ2v) is 21.1. The molecule has 3 fully saturated rings. The number of hydrogen-bond acceptors (Lipinski definition) is 12. The number of halogens is 1. The predicted octanol–water partition coefficient (Wildman–Crippen LogP) is 7.99. The summed E-state index contributed by atoms with van der Waals surface area (Å²) >= 11 is 1.12. The van der Waals surface area contributed by atoms with Gasteiger partial charge in [-0.15, -0.1) is 11.3 Å². The largest absolute Gasteiger partial charge is 0.438 e. The van der Waals surface area contributed by atoms with E-state index in [9.17, 15) is 33.8 Å². The predicted molar refractivity (Wildman–Crippen MR) is 225 cm³/mol. The molecule has 1 aromatic heterocycles. The first-order valence-corrected chi connectivity index (χ1v) is 23.0. The number of alkyl halides is 1. The third-order valence-electron chi connectivity index (χ3n) is 11.3. The molecule has 2 aromatic carbocycles. The number of thiophene rings is 1. The highest BCUT2D eigenvalue weighted by Crippen LogP contribution is 2.62. The minimum atomic E-state index is -4.81. The fourth-order valence-corrected chi connectivity index (χ4v) is 10.1. The molecule has 1 N–H and O–H groups in total. The molecule has 0 bridgehead atoms. The van der Waals surface area contributed by atoms with Crippen LogP contribution in [0.2, 0.25) is 0 Å². The monoisotopic (exact) mass is 880 g/mol. The summed E-state index contributed by atoms with van der Waals surface area (Å²) in [7, 11) is -4.81. The van der Waals surface area contributed by atoms with E-state index in [2.05, 4.69) is 11.4 Å². The van der Waals surface area contributed by atoms with Gasteiger partial charge < -0.3 is 24.6 Å². The molecule has 328 valence electrons. The van der Waals surface area contributed by atoms with Gasteiger partial charge in [0, 0.05) is 29.7 Å². The summed E-state index contributed by atoms with van der Waals surface area (Å²) < 4.78 is 51.4. The molecular formula is C44H54FN4O10PS. The van der Waals surface area contributed by atoms with Crippen molar-refractivity contribution in [3.05, 3.63) is 70.6 Å². The van der Waals surface area contributed by atoms with E-state index in [1.807, 2.05) is 30.3 Å². The number of likely N-dealkylation sites (tertiary alicyclic amines) is 1. The van der Waals surface area contributed by atoms with E-state index in [4.69, 9.17) is 18.5 Å². The Morgan fingerprint density at radius 3 is 2.16 bits per heavy atom. The molecule has 17 heteroatoms. The highest BCUT2D eigenvalue weighted by molar-refractivity contribution is 7.54. The van der Waals surface area contributed by atoms with Gasteiger partial charge in [0.15, 0.2) is 0 Å². The van der Waals surface area contributed by atoms with Crippen LogP contribution in [-0.4, -0.2) is 84.3 Å². The topological polar surface area (TPSA) is 182 Å². The summed E-state index contributed by atoms with van der Waals surface area (Å²) in [6, 6.07) is 16.2. The van der Waals surface area contributed by atoms with Crippen LogP contribution in [0.15, 0.2) is 54.6 Å². The van der Waals surface area contributed by atoms with E-state index in [0.29, 0.717) is 42.3 Å². The lowest BCUT2D eigenvalue weighted by Gasteiger charge is -2.36. The molecule has 0 radical (unpaired) electrons. The second-order valence-electron chi connectivity index (χ2n) is 17.9. The van der Waals surface area contributed by atoms with Gasteiger partial charge in [-0.25, -0.2) is 4.39 Å². The van der Waals surface area contributed by atoms with Crippen LogP contribution in [0.25, 0.3) is 10.1 Å². The van der Waals surface area contributed by atoms with Crippen molar-refractivity contribution in [3.8, 4) is 6.07 Å². The summed E-state index contributed by atoms with van der Waals surface area (Å²) in [5, 5.41) is 13.3. The zero-order chi connectivity index (χ0) is 44.3. The number of nitriles is 1. The molecule has 0 aliphatic carbocycles. The Morgan fingerprint density at radius 2 is 1.54 bits per heavy atom. The number of nitrogens with one attached hydrogen (secondary N) is 1. The Balaban J connectivity index is 1.16. The van der Waals surface area contributed by atoms with Crippen molar-refractivity contribution in [3.63, 3.8) is 0 Å². The van der Waals surface area contributed by atoms with Gasteiger partial charge in [0.2, 0.25) is 31.3 Å². The molecule has 4 heterocycles. The van der Waals surface area contributed by atoms with Crippen molar-refractivity contribution in [2.24, 2.45) is 16.7 Å². The van der Waals surface area contributed by atoms with Crippen LogP contribution in [0, 0.1) is 28.1 Å². The fraction of sp³-hybridized carbons (Fsp3) is 0.545. The summed E-state index contributed by atoms with van der Waals surface area (Å²) in [5.41, 5.74) is -0.990. The zero-order valence-corrected chi connectivity index (χ0v) is 37.1. The summed E-state index contributed by atoms with van der Waals surface area (Å²) in [6.45, 7) is 8.47.